The van der Waals surface area contributed by atoms with Gasteiger partial charge in [-0.1, -0.05) is 83.9 Å². The molecule has 0 aliphatic carbocycles. The van der Waals surface area contributed by atoms with Crippen molar-refractivity contribution in [3.63, 3.8) is 0 Å². The fourth-order valence-corrected chi connectivity index (χ4v) is 6.39. The van der Waals surface area contributed by atoms with Crippen LogP contribution in [0.15, 0.2) is 89.8 Å². The average Bonchev–Trinajstić information content (AvgIpc) is 3.22. The molecule has 3 aromatic rings. The molecule has 0 spiro atoms. The van der Waals surface area contributed by atoms with Gasteiger partial charge in [0.1, 0.15) is 5.60 Å². The van der Waals surface area contributed by atoms with Crippen molar-refractivity contribution in [2.45, 2.75) is 24.3 Å². The first-order valence-corrected chi connectivity index (χ1v) is 12.4. The van der Waals surface area contributed by atoms with Gasteiger partial charge in [-0.2, -0.15) is 4.31 Å². The van der Waals surface area contributed by atoms with Crippen LogP contribution in [0.5, 0.6) is 0 Å². The molecule has 2 heterocycles. The quantitative estimate of drug-likeness (QED) is 0.572. The van der Waals surface area contributed by atoms with Crippen molar-refractivity contribution in [3.05, 3.63) is 107 Å². The van der Waals surface area contributed by atoms with E-state index in [0.29, 0.717) is 24.6 Å². The highest BCUT2D eigenvalue weighted by Crippen LogP contribution is 2.50. The third-order valence-electron chi connectivity index (χ3n) is 6.69. The van der Waals surface area contributed by atoms with Gasteiger partial charge in [-0.15, -0.1) is 0 Å². The van der Waals surface area contributed by atoms with Crippen LogP contribution < -0.4 is 0 Å². The number of ether oxygens (including phenoxy) is 1. The number of hydrogen-bond acceptors (Lipinski definition) is 3. The maximum atomic E-state index is 13.6. The van der Waals surface area contributed by atoms with Crippen LogP contribution >= 0.6 is 0 Å². The van der Waals surface area contributed by atoms with E-state index >= 15 is 0 Å². The standard InChI is InChI=1S/C27H27NO3S/c1-20-8-12-23(13-9-20)27-19-28(32(29,30)24-14-10-21(2)11-15-24)18-26(27)25(16-17-31-27)22-6-4-3-5-7-22/h3-16,26H,17-19H2,1-2H3/t26-,27+/m1/s1. The summed E-state index contributed by atoms with van der Waals surface area (Å²) in [5.41, 5.74) is 4.78. The van der Waals surface area contributed by atoms with Crippen LogP contribution in [0.4, 0.5) is 0 Å². The minimum absolute atomic E-state index is 0.0958. The Bertz CT molecular complexity index is 1250. The number of rotatable bonds is 4. The first-order chi connectivity index (χ1) is 15.4. The van der Waals surface area contributed by atoms with Crippen molar-refractivity contribution in [3.8, 4) is 0 Å². The van der Waals surface area contributed by atoms with Crippen LogP contribution in [-0.2, 0) is 20.4 Å². The van der Waals surface area contributed by atoms with Crippen molar-refractivity contribution in [2.75, 3.05) is 19.7 Å². The van der Waals surface area contributed by atoms with E-state index in [1.807, 2.05) is 37.3 Å². The van der Waals surface area contributed by atoms with Crippen molar-refractivity contribution < 1.29 is 13.2 Å². The highest BCUT2D eigenvalue weighted by atomic mass is 32.2. The molecule has 5 rings (SSSR count). The lowest BCUT2D eigenvalue weighted by atomic mass is 9.75. The number of aryl methyl sites for hydroxylation is 2. The maximum Gasteiger partial charge on any atom is 0.243 e. The van der Waals surface area contributed by atoms with Gasteiger partial charge >= 0.3 is 0 Å². The van der Waals surface area contributed by atoms with Gasteiger partial charge in [0.15, 0.2) is 0 Å². The topological polar surface area (TPSA) is 46.6 Å². The fourth-order valence-electron chi connectivity index (χ4n) is 4.91. The Morgan fingerprint density at radius 3 is 2.16 bits per heavy atom. The lowest BCUT2D eigenvalue weighted by Gasteiger charge is -2.39. The van der Waals surface area contributed by atoms with E-state index in [1.165, 1.54) is 5.56 Å². The lowest BCUT2D eigenvalue weighted by Crippen LogP contribution is -2.42. The highest BCUT2D eigenvalue weighted by molar-refractivity contribution is 7.89. The molecule has 0 amide bonds. The molecule has 1 fully saturated rings. The molecule has 0 unspecified atom stereocenters. The Morgan fingerprint density at radius 1 is 0.875 bits per heavy atom. The first kappa shape index (κ1) is 21.1. The minimum Gasteiger partial charge on any atom is -0.364 e. The molecule has 2 aliphatic heterocycles. The van der Waals surface area contributed by atoms with Crippen LogP contribution in [0, 0.1) is 19.8 Å². The second kappa shape index (κ2) is 8.00. The fraction of sp³-hybridized carbons (Fsp3) is 0.259. The van der Waals surface area contributed by atoms with Gasteiger partial charge in [0.25, 0.3) is 0 Å². The first-order valence-electron chi connectivity index (χ1n) is 10.9. The molecule has 0 aromatic heterocycles. The van der Waals surface area contributed by atoms with Crippen LogP contribution in [0.3, 0.4) is 0 Å². The number of benzene rings is 3. The van der Waals surface area contributed by atoms with Gasteiger partial charge in [0.05, 0.1) is 11.5 Å². The van der Waals surface area contributed by atoms with E-state index in [2.05, 4.69) is 49.4 Å². The Balaban J connectivity index is 1.61. The predicted octanol–water partition coefficient (Wildman–Crippen LogP) is 4.93. The summed E-state index contributed by atoms with van der Waals surface area (Å²) in [5, 5.41) is 0. The van der Waals surface area contributed by atoms with Crippen molar-refractivity contribution in [1.29, 1.82) is 0 Å². The normalized spacial score (nSPS) is 23.6. The number of sulfonamides is 1. The van der Waals surface area contributed by atoms with Gasteiger partial charge < -0.3 is 4.74 Å². The third-order valence-corrected chi connectivity index (χ3v) is 8.51. The lowest BCUT2D eigenvalue weighted by molar-refractivity contribution is -0.0487. The second-order valence-electron chi connectivity index (χ2n) is 8.76. The van der Waals surface area contributed by atoms with Gasteiger partial charge in [0.2, 0.25) is 10.0 Å². The molecule has 32 heavy (non-hydrogen) atoms. The molecule has 4 nitrogen and oxygen atoms in total. The summed E-state index contributed by atoms with van der Waals surface area (Å²) in [4.78, 5) is 0.325. The molecule has 0 radical (unpaired) electrons. The minimum atomic E-state index is -3.65. The highest BCUT2D eigenvalue weighted by Gasteiger charge is 2.54. The molecule has 5 heteroatoms. The zero-order chi connectivity index (χ0) is 22.3. The van der Waals surface area contributed by atoms with Crippen LogP contribution in [0.1, 0.15) is 22.3 Å². The zero-order valence-corrected chi connectivity index (χ0v) is 19.2. The largest absolute Gasteiger partial charge is 0.364 e. The number of hydrogen-bond donors (Lipinski definition) is 0. The summed E-state index contributed by atoms with van der Waals surface area (Å²) >= 11 is 0. The molecule has 2 aliphatic rings. The van der Waals surface area contributed by atoms with Crippen LogP contribution in [-0.4, -0.2) is 32.4 Å². The molecule has 3 aromatic carbocycles. The second-order valence-corrected chi connectivity index (χ2v) is 10.7. The van der Waals surface area contributed by atoms with E-state index in [9.17, 15) is 8.42 Å². The molecule has 0 saturated carbocycles. The van der Waals surface area contributed by atoms with Crippen molar-refractivity contribution in [2.24, 2.45) is 5.92 Å². The zero-order valence-electron chi connectivity index (χ0n) is 18.4. The number of fused-ring (bicyclic) bond motifs is 1. The van der Waals surface area contributed by atoms with Crippen molar-refractivity contribution in [1.82, 2.24) is 4.31 Å². The Morgan fingerprint density at radius 2 is 1.50 bits per heavy atom. The van der Waals surface area contributed by atoms with Gasteiger partial charge in [-0.3, -0.25) is 0 Å². The SMILES string of the molecule is Cc1ccc([C@@]23CN(S(=O)(=O)c4ccc(C)cc4)C[C@@H]2C(c2ccccc2)=CCO3)cc1. The van der Waals surface area contributed by atoms with Gasteiger partial charge in [-0.25, -0.2) is 8.42 Å². The van der Waals surface area contributed by atoms with Crippen molar-refractivity contribution >= 4 is 15.6 Å². The molecular formula is C27H27NO3S. The van der Waals surface area contributed by atoms with Gasteiger partial charge in [-0.05, 0) is 42.7 Å². The Labute approximate surface area is 190 Å². The molecule has 1 saturated heterocycles. The van der Waals surface area contributed by atoms with E-state index in [4.69, 9.17) is 4.74 Å². The summed E-state index contributed by atoms with van der Waals surface area (Å²) in [5.74, 6) is -0.0958. The summed E-state index contributed by atoms with van der Waals surface area (Å²) < 4.78 is 35.3. The molecule has 0 N–H and O–H groups in total. The third kappa shape index (κ3) is 3.51. The van der Waals surface area contributed by atoms with E-state index in [0.717, 1.165) is 22.3 Å². The summed E-state index contributed by atoms with van der Waals surface area (Å²) in [6.45, 7) is 5.13. The predicted molar refractivity (Wildman–Crippen MR) is 127 cm³/mol. The Kier molecular flexibility index (Phi) is 5.28. The van der Waals surface area contributed by atoms with Gasteiger partial charge in [0, 0.05) is 19.0 Å². The number of nitrogens with zero attached hydrogens (tertiary/aromatic N) is 1. The maximum absolute atomic E-state index is 13.6. The summed E-state index contributed by atoms with van der Waals surface area (Å²) in [6, 6.07) is 25.6. The summed E-state index contributed by atoms with van der Waals surface area (Å²) in [7, 11) is -3.65. The smallest absolute Gasteiger partial charge is 0.243 e. The van der Waals surface area contributed by atoms with Crippen LogP contribution in [0.2, 0.25) is 0 Å². The van der Waals surface area contributed by atoms with Crippen LogP contribution in [0.25, 0.3) is 5.57 Å². The summed E-state index contributed by atoms with van der Waals surface area (Å²) in [6.07, 6.45) is 2.11. The molecule has 164 valence electrons. The van der Waals surface area contributed by atoms with E-state index in [-0.39, 0.29) is 5.92 Å². The molecule has 0 bridgehead atoms. The van der Waals surface area contributed by atoms with E-state index in [1.54, 1.807) is 16.4 Å². The van der Waals surface area contributed by atoms with E-state index < -0.39 is 15.6 Å². The molecular weight excluding hydrogens is 418 g/mol. The Hall–Kier alpha value is -2.73. The average molecular weight is 446 g/mol. The molecule has 2 atom stereocenters. The monoisotopic (exact) mass is 445 g/mol.